The fraction of sp³-hybridized carbons (Fsp3) is 0.964. The summed E-state index contributed by atoms with van der Waals surface area (Å²) in [5.74, 6) is 0.184. The van der Waals surface area contributed by atoms with E-state index in [4.69, 9.17) is 16.7 Å². The van der Waals surface area contributed by atoms with Crippen molar-refractivity contribution < 1.29 is 9.90 Å². The summed E-state index contributed by atoms with van der Waals surface area (Å²) in [5, 5.41) is 8.60. The molecule has 0 spiro atoms. The van der Waals surface area contributed by atoms with E-state index in [2.05, 4.69) is 0 Å². The lowest BCUT2D eigenvalue weighted by molar-refractivity contribution is -0.137. The van der Waals surface area contributed by atoms with E-state index in [9.17, 15) is 4.79 Å². The zero-order chi connectivity index (χ0) is 22.7. The molecule has 0 unspecified atom stereocenters. The molecule has 0 aromatic carbocycles. The van der Waals surface area contributed by atoms with Crippen molar-refractivity contribution in [3.63, 3.8) is 0 Å². The third kappa shape index (κ3) is 29.8. The largest absolute Gasteiger partial charge is 0.481 e. The van der Waals surface area contributed by atoms with Crippen LogP contribution in [-0.2, 0) is 4.79 Å². The molecule has 3 heteroatoms. The number of carbonyl (C=O) groups is 1. The van der Waals surface area contributed by atoms with E-state index in [0.717, 1.165) is 18.7 Å². The summed E-state index contributed by atoms with van der Waals surface area (Å²) in [4.78, 5) is 10.4. The van der Waals surface area contributed by atoms with Crippen molar-refractivity contribution in [2.24, 2.45) is 0 Å². The fourth-order valence-electron chi connectivity index (χ4n) is 4.44. The van der Waals surface area contributed by atoms with E-state index < -0.39 is 5.97 Å². The number of halogens is 1. The highest BCUT2D eigenvalue weighted by atomic mass is 35.5. The van der Waals surface area contributed by atoms with Gasteiger partial charge in [-0.15, -0.1) is 11.6 Å². The van der Waals surface area contributed by atoms with Gasteiger partial charge in [-0.25, -0.2) is 0 Å². The molecule has 0 aromatic rings. The molecular weight excluding hydrogens is 404 g/mol. The summed E-state index contributed by atoms with van der Waals surface area (Å²) in [6.45, 7) is 0. The van der Waals surface area contributed by atoms with Crippen LogP contribution in [0, 0.1) is 0 Å². The maximum absolute atomic E-state index is 10.4. The van der Waals surface area contributed by atoms with Crippen LogP contribution in [0.25, 0.3) is 0 Å². The van der Waals surface area contributed by atoms with Crippen molar-refractivity contribution in [2.45, 2.75) is 167 Å². The SMILES string of the molecule is O=C(O)CCCCCCCCCCCCCCCCCCCCCCCCCCCCl. The van der Waals surface area contributed by atoms with Gasteiger partial charge < -0.3 is 5.11 Å². The van der Waals surface area contributed by atoms with E-state index in [1.807, 2.05) is 0 Å². The van der Waals surface area contributed by atoms with Gasteiger partial charge in [0.2, 0.25) is 0 Å². The molecule has 0 rings (SSSR count). The lowest BCUT2D eigenvalue weighted by Crippen LogP contribution is -1.93. The third-order valence-corrected chi connectivity index (χ3v) is 6.79. The molecule has 0 aliphatic rings. The van der Waals surface area contributed by atoms with E-state index in [1.165, 1.54) is 148 Å². The Balaban J connectivity index is 3.00. The fourth-order valence-corrected chi connectivity index (χ4v) is 4.63. The maximum Gasteiger partial charge on any atom is 0.303 e. The minimum absolute atomic E-state index is 0.344. The number of aliphatic carboxylic acids is 1. The Kier molecular flexibility index (Phi) is 27.6. The first-order chi connectivity index (χ1) is 15.3. The Morgan fingerprint density at radius 1 is 0.387 bits per heavy atom. The predicted molar refractivity (Wildman–Crippen MR) is 138 cm³/mol. The first kappa shape index (κ1) is 30.8. The maximum atomic E-state index is 10.4. The number of unbranched alkanes of at least 4 members (excludes halogenated alkanes) is 24. The first-order valence-electron chi connectivity index (χ1n) is 14.0. The minimum atomic E-state index is -0.651. The van der Waals surface area contributed by atoms with Crippen molar-refractivity contribution in [1.29, 1.82) is 0 Å². The van der Waals surface area contributed by atoms with E-state index in [-0.39, 0.29) is 0 Å². The monoisotopic (exact) mass is 458 g/mol. The number of carboxylic acid groups (broad SMARTS) is 1. The van der Waals surface area contributed by atoms with Gasteiger partial charge in [0.05, 0.1) is 0 Å². The van der Waals surface area contributed by atoms with Gasteiger partial charge in [-0.2, -0.15) is 0 Å². The second-order valence-electron chi connectivity index (χ2n) is 9.67. The molecule has 0 bridgehead atoms. The molecule has 0 fully saturated rings. The lowest BCUT2D eigenvalue weighted by Gasteiger charge is -2.04. The summed E-state index contributed by atoms with van der Waals surface area (Å²) >= 11 is 5.70. The highest BCUT2D eigenvalue weighted by Crippen LogP contribution is 2.16. The molecule has 0 saturated heterocycles. The molecule has 1 N–H and O–H groups in total. The Hall–Kier alpha value is -0.240. The molecule has 0 saturated carbocycles. The molecule has 0 heterocycles. The normalized spacial score (nSPS) is 11.3. The van der Waals surface area contributed by atoms with Crippen LogP contribution < -0.4 is 0 Å². The Morgan fingerprint density at radius 2 is 0.581 bits per heavy atom. The van der Waals surface area contributed by atoms with Crippen molar-refractivity contribution in [1.82, 2.24) is 0 Å². The van der Waals surface area contributed by atoms with Gasteiger partial charge in [0, 0.05) is 12.3 Å². The van der Waals surface area contributed by atoms with Crippen molar-refractivity contribution >= 4 is 17.6 Å². The quantitative estimate of drug-likeness (QED) is 0.0980. The molecule has 31 heavy (non-hydrogen) atoms. The van der Waals surface area contributed by atoms with Crippen LogP contribution in [0.4, 0.5) is 0 Å². The van der Waals surface area contributed by atoms with Gasteiger partial charge >= 0.3 is 5.97 Å². The third-order valence-electron chi connectivity index (χ3n) is 6.52. The molecule has 186 valence electrons. The minimum Gasteiger partial charge on any atom is -0.481 e. The van der Waals surface area contributed by atoms with Gasteiger partial charge in [0.15, 0.2) is 0 Å². The first-order valence-corrected chi connectivity index (χ1v) is 14.6. The second-order valence-corrected chi connectivity index (χ2v) is 10.0. The van der Waals surface area contributed by atoms with Crippen LogP contribution in [0.2, 0.25) is 0 Å². The van der Waals surface area contributed by atoms with Crippen LogP contribution in [0.3, 0.4) is 0 Å². The highest BCUT2D eigenvalue weighted by molar-refractivity contribution is 6.17. The van der Waals surface area contributed by atoms with Gasteiger partial charge in [0.1, 0.15) is 0 Å². The van der Waals surface area contributed by atoms with Crippen LogP contribution in [0.15, 0.2) is 0 Å². The standard InChI is InChI=1S/C28H55ClO2/c29-27-25-23-21-19-17-15-13-11-9-7-5-3-1-2-4-6-8-10-12-14-16-18-20-22-24-26-28(30)31/h1-27H2,(H,30,31). The zero-order valence-electron chi connectivity index (χ0n) is 20.8. The lowest BCUT2D eigenvalue weighted by atomic mass is 10.0. The molecule has 0 aromatic heterocycles. The smallest absolute Gasteiger partial charge is 0.303 e. The van der Waals surface area contributed by atoms with Gasteiger partial charge in [-0.3, -0.25) is 4.79 Å². The topological polar surface area (TPSA) is 37.3 Å². The summed E-state index contributed by atoms with van der Waals surface area (Å²) in [6, 6.07) is 0. The molecule has 0 radical (unpaired) electrons. The molecular formula is C28H55ClO2. The Labute approximate surface area is 200 Å². The second kappa shape index (κ2) is 27.8. The van der Waals surface area contributed by atoms with Gasteiger partial charge in [0.25, 0.3) is 0 Å². The van der Waals surface area contributed by atoms with Gasteiger partial charge in [-0.1, -0.05) is 148 Å². The average molecular weight is 459 g/mol. The summed E-state index contributed by atoms with van der Waals surface area (Å²) in [5.41, 5.74) is 0. The molecule has 0 aliphatic heterocycles. The van der Waals surface area contributed by atoms with Crippen LogP contribution in [0.5, 0.6) is 0 Å². The zero-order valence-corrected chi connectivity index (χ0v) is 21.6. The number of hydrogen-bond donors (Lipinski definition) is 1. The van der Waals surface area contributed by atoms with Gasteiger partial charge in [-0.05, 0) is 12.8 Å². The van der Waals surface area contributed by atoms with Crippen molar-refractivity contribution in [3.05, 3.63) is 0 Å². The van der Waals surface area contributed by atoms with Crippen LogP contribution in [-0.4, -0.2) is 17.0 Å². The summed E-state index contributed by atoms with van der Waals surface area (Å²) in [6.07, 6.45) is 34.4. The number of carboxylic acids is 1. The summed E-state index contributed by atoms with van der Waals surface area (Å²) < 4.78 is 0. The Bertz CT molecular complexity index is 346. The van der Waals surface area contributed by atoms with Crippen LogP contribution >= 0.6 is 11.6 Å². The predicted octanol–water partition coefficient (Wildman–Crippen LogP) is 10.5. The molecule has 2 nitrogen and oxygen atoms in total. The number of rotatable bonds is 27. The van der Waals surface area contributed by atoms with Crippen molar-refractivity contribution in [2.75, 3.05) is 5.88 Å². The molecule has 0 aliphatic carbocycles. The average Bonchev–Trinajstić information content (AvgIpc) is 2.76. The molecule has 0 amide bonds. The molecule has 0 atom stereocenters. The number of hydrogen-bond acceptors (Lipinski definition) is 1. The van der Waals surface area contributed by atoms with E-state index in [0.29, 0.717) is 6.42 Å². The summed E-state index contributed by atoms with van der Waals surface area (Å²) in [7, 11) is 0. The van der Waals surface area contributed by atoms with E-state index >= 15 is 0 Å². The highest BCUT2D eigenvalue weighted by Gasteiger charge is 1.98. The van der Waals surface area contributed by atoms with Crippen molar-refractivity contribution in [3.8, 4) is 0 Å². The van der Waals surface area contributed by atoms with E-state index in [1.54, 1.807) is 0 Å². The number of alkyl halides is 1. The van der Waals surface area contributed by atoms with Crippen LogP contribution in [0.1, 0.15) is 167 Å². The Morgan fingerprint density at radius 3 is 0.774 bits per heavy atom.